The zero-order valence-corrected chi connectivity index (χ0v) is 9.14. The Labute approximate surface area is 91.4 Å². The second kappa shape index (κ2) is 3.65. The highest BCUT2D eigenvalue weighted by Gasteiger charge is 2.49. The molecule has 0 amide bonds. The third-order valence-electron chi connectivity index (χ3n) is 2.99. The van der Waals surface area contributed by atoms with Gasteiger partial charge in [-0.1, -0.05) is 0 Å². The highest BCUT2D eigenvalue weighted by Crippen LogP contribution is 2.42. The van der Waals surface area contributed by atoms with Crippen LogP contribution in [0, 0.1) is 11.8 Å². The van der Waals surface area contributed by atoms with Crippen LogP contribution in [0.5, 0.6) is 0 Å². The average Bonchev–Trinajstić information content (AvgIpc) is 2.43. The zero-order valence-electron chi connectivity index (χ0n) is 8.33. The van der Waals surface area contributed by atoms with Crippen molar-refractivity contribution in [3.63, 3.8) is 0 Å². The molecule has 7 heteroatoms. The van der Waals surface area contributed by atoms with Crippen LogP contribution in [-0.4, -0.2) is 13.9 Å². The number of fused-ring (bicyclic) bond motifs is 2. The summed E-state index contributed by atoms with van der Waals surface area (Å²) in [7, 11) is -5.48. The van der Waals surface area contributed by atoms with Gasteiger partial charge in [0.05, 0.1) is 0 Å². The second-order valence-electron chi connectivity index (χ2n) is 4.26. The van der Waals surface area contributed by atoms with Crippen LogP contribution in [0.25, 0.3) is 0 Å². The molecule has 92 valence electrons. The maximum atomic E-state index is 12.1. The van der Waals surface area contributed by atoms with Crippen LogP contribution >= 0.6 is 0 Å². The molecule has 0 aliphatic heterocycles. The molecular weight excluding hydrogens is 245 g/mol. The Morgan fingerprint density at radius 3 is 2.56 bits per heavy atom. The summed E-state index contributed by atoms with van der Waals surface area (Å²) in [5.74, 6) is 0.404. The number of hydrogen-bond acceptors (Lipinski definition) is 3. The normalized spacial score (nSPS) is 30.1. The van der Waals surface area contributed by atoms with Crippen LogP contribution in [0.4, 0.5) is 13.2 Å². The fourth-order valence-electron chi connectivity index (χ4n) is 2.32. The summed E-state index contributed by atoms with van der Waals surface area (Å²) >= 11 is 0. The molecule has 2 rings (SSSR count). The first-order chi connectivity index (χ1) is 7.28. The van der Waals surface area contributed by atoms with Gasteiger partial charge in [0.15, 0.2) is 0 Å². The summed E-state index contributed by atoms with van der Waals surface area (Å²) in [5, 5.41) is 0. The average molecular weight is 256 g/mol. The van der Waals surface area contributed by atoms with Gasteiger partial charge in [-0.25, -0.2) is 0 Å². The van der Waals surface area contributed by atoms with Crippen LogP contribution in [0.1, 0.15) is 25.7 Å². The minimum absolute atomic E-state index is 0.0453. The van der Waals surface area contributed by atoms with Crippen LogP contribution in [-0.2, 0) is 14.3 Å². The molecule has 0 spiro atoms. The van der Waals surface area contributed by atoms with Crippen molar-refractivity contribution in [1.29, 1.82) is 0 Å². The fourth-order valence-corrected chi connectivity index (χ4v) is 2.82. The van der Waals surface area contributed by atoms with E-state index >= 15 is 0 Å². The molecule has 0 N–H and O–H groups in total. The topological polar surface area (TPSA) is 43.4 Å². The maximum Gasteiger partial charge on any atom is 0.534 e. The molecule has 0 unspecified atom stereocenters. The minimum atomic E-state index is -5.48. The van der Waals surface area contributed by atoms with E-state index in [1.165, 1.54) is 6.08 Å². The third kappa shape index (κ3) is 2.18. The summed E-state index contributed by atoms with van der Waals surface area (Å²) < 4.78 is 61.8. The van der Waals surface area contributed by atoms with Crippen molar-refractivity contribution in [2.24, 2.45) is 11.8 Å². The van der Waals surface area contributed by atoms with Crippen molar-refractivity contribution in [2.75, 3.05) is 0 Å². The number of alkyl halides is 3. The van der Waals surface area contributed by atoms with Crippen molar-refractivity contribution in [2.45, 2.75) is 31.2 Å². The van der Waals surface area contributed by atoms with Gasteiger partial charge in [0.2, 0.25) is 0 Å². The molecule has 0 saturated heterocycles. The number of halogens is 3. The second-order valence-corrected chi connectivity index (χ2v) is 5.80. The van der Waals surface area contributed by atoms with E-state index in [2.05, 4.69) is 4.18 Å². The van der Waals surface area contributed by atoms with Gasteiger partial charge in [-0.3, -0.25) is 0 Å². The summed E-state index contributed by atoms with van der Waals surface area (Å²) in [5.41, 5.74) is -5.34. The Balaban J connectivity index is 2.12. The molecule has 1 fully saturated rings. The van der Waals surface area contributed by atoms with E-state index in [1.54, 1.807) is 0 Å². The number of hydrogen-bond donors (Lipinski definition) is 0. The molecule has 2 aliphatic carbocycles. The zero-order chi connectivity index (χ0) is 12.0. The Morgan fingerprint density at radius 2 is 2.00 bits per heavy atom. The molecule has 16 heavy (non-hydrogen) atoms. The van der Waals surface area contributed by atoms with Crippen LogP contribution in [0.15, 0.2) is 11.8 Å². The quantitative estimate of drug-likeness (QED) is 0.563. The van der Waals surface area contributed by atoms with Crippen LogP contribution < -0.4 is 0 Å². The first-order valence-corrected chi connectivity index (χ1v) is 6.40. The smallest absolute Gasteiger partial charge is 0.381 e. The van der Waals surface area contributed by atoms with Crippen LogP contribution in [0.3, 0.4) is 0 Å². The van der Waals surface area contributed by atoms with Crippen molar-refractivity contribution >= 4 is 10.1 Å². The Bertz CT molecular complexity index is 410. The molecule has 2 atom stereocenters. The molecule has 0 radical (unpaired) electrons. The molecule has 0 aromatic carbocycles. The molecule has 2 bridgehead atoms. The standard InChI is InChI=1S/C9H11F3O3S/c10-9(11,12)16(13,14)15-8-4-6-1-2-7(3-6)5-8/h4,6-7H,1-3,5H2/t6-,7+/m1/s1. The lowest BCUT2D eigenvalue weighted by Crippen LogP contribution is -2.26. The molecule has 2 aliphatic rings. The van der Waals surface area contributed by atoms with E-state index in [-0.39, 0.29) is 17.6 Å². The Morgan fingerprint density at radius 1 is 1.31 bits per heavy atom. The molecule has 3 nitrogen and oxygen atoms in total. The highest BCUT2D eigenvalue weighted by atomic mass is 32.2. The van der Waals surface area contributed by atoms with Crippen molar-refractivity contribution in [3.8, 4) is 0 Å². The van der Waals surface area contributed by atoms with Gasteiger partial charge in [0.1, 0.15) is 5.76 Å². The summed E-state index contributed by atoms with van der Waals surface area (Å²) in [6.07, 6.45) is 4.58. The van der Waals surface area contributed by atoms with E-state index in [9.17, 15) is 21.6 Å². The van der Waals surface area contributed by atoms with Crippen molar-refractivity contribution < 1.29 is 25.8 Å². The molecule has 0 aromatic rings. The highest BCUT2D eigenvalue weighted by molar-refractivity contribution is 7.87. The lowest BCUT2D eigenvalue weighted by atomic mass is 9.94. The SMILES string of the molecule is O=S(=O)(OC1=C[C@@H]2CC[C@H](C1)C2)C(F)(F)F. The Hall–Kier alpha value is -0.720. The van der Waals surface area contributed by atoms with Crippen molar-refractivity contribution in [1.82, 2.24) is 0 Å². The molecule has 0 aromatic heterocycles. The van der Waals surface area contributed by atoms with Gasteiger partial charge in [-0.15, -0.1) is 0 Å². The number of allylic oxidation sites excluding steroid dienone is 2. The van der Waals surface area contributed by atoms with Gasteiger partial charge in [0.25, 0.3) is 0 Å². The minimum Gasteiger partial charge on any atom is -0.381 e. The first-order valence-electron chi connectivity index (χ1n) is 4.99. The van der Waals surface area contributed by atoms with E-state index in [4.69, 9.17) is 0 Å². The van der Waals surface area contributed by atoms with Gasteiger partial charge in [-0.05, 0) is 37.2 Å². The predicted octanol–water partition coefficient (Wildman–Crippen LogP) is 2.56. The van der Waals surface area contributed by atoms with Gasteiger partial charge >= 0.3 is 15.6 Å². The van der Waals surface area contributed by atoms with Gasteiger partial charge in [0, 0.05) is 6.42 Å². The fraction of sp³-hybridized carbons (Fsp3) is 0.778. The maximum absolute atomic E-state index is 12.1. The van der Waals surface area contributed by atoms with Gasteiger partial charge < -0.3 is 4.18 Å². The van der Waals surface area contributed by atoms with Crippen molar-refractivity contribution in [3.05, 3.63) is 11.8 Å². The summed E-state index contributed by atoms with van der Waals surface area (Å²) in [6, 6.07) is 0. The van der Waals surface area contributed by atoms with E-state index in [1.807, 2.05) is 0 Å². The summed E-state index contributed by atoms with van der Waals surface area (Å²) in [4.78, 5) is 0. The van der Waals surface area contributed by atoms with E-state index in [0.717, 1.165) is 19.3 Å². The van der Waals surface area contributed by atoms with Crippen LogP contribution in [0.2, 0.25) is 0 Å². The third-order valence-corrected chi connectivity index (χ3v) is 3.99. The predicted molar refractivity (Wildman–Crippen MR) is 49.6 cm³/mol. The Kier molecular flexibility index (Phi) is 2.68. The van der Waals surface area contributed by atoms with Gasteiger partial charge in [-0.2, -0.15) is 21.6 Å². The van der Waals surface area contributed by atoms with E-state index in [0.29, 0.717) is 6.42 Å². The monoisotopic (exact) mass is 256 g/mol. The first kappa shape index (κ1) is 11.8. The number of rotatable bonds is 2. The lowest BCUT2D eigenvalue weighted by molar-refractivity contribution is -0.0525. The molecule has 1 saturated carbocycles. The van der Waals surface area contributed by atoms with E-state index < -0.39 is 15.6 Å². The largest absolute Gasteiger partial charge is 0.534 e. The molecule has 0 heterocycles. The summed E-state index contributed by atoms with van der Waals surface area (Å²) in [6.45, 7) is 0. The molecular formula is C9H11F3O3S. The lowest BCUT2D eigenvalue weighted by Gasteiger charge is -2.19.